The monoisotopic (exact) mass is 489 g/mol. The number of rotatable bonds is 5. The highest BCUT2D eigenvalue weighted by Gasteiger charge is 2.56. The van der Waals surface area contributed by atoms with Crippen molar-refractivity contribution >= 4 is 69.6 Å². The lowest BCUT2D eigenvalue weighted by atomic mass is 10.1. The Morgan fingerprint density at radius 1 is 1.13 bits per heavy atom. The number of alkyl halides is 2. The highest BCUT2D eigenvalue weighted by atomic mass is 35.5. The fourth-order valence-electron chi connectivity index (χ4n) is 2.88. The number of benzene rings is 2. The Balaban J connectivity index is 1.87. The Morgan fingerprint density at radius 2 is 1.77 bits per heavy atom. The maximum absolute atomic E-state index is 14.8. The normalized spacial score (nSPS) is 16.4. The van der Waals surface area contributed by atoms with Crippen LogP contribution in [0.5, 0.6) is 0 Å². The SMILES string of the molecule is CC(=O)Nc1c(F)ccc(N(C)C(=O)c2cc(NC(=O)C3CC3(Cl)Cl)ccc2Cl)c1F. The first-order valence-electron chi connectivity index (χ1n) is 8.94. The van der Waals surface area contributed by atoms with Crippen molar-refractivity contribution in [3.05, 3.63) is 52.6 Å². The van der Waals surface area contributed by atoms with Crippen LogP contribution in [0, 0.1) is 17.6 Å². The molecule has 1 atom stereocenters. The summed E-state index contributed by atoms with van der Waals surface area (Å²) in [5, 5.41) is 4.71. The van der Waals surface area contributed by atoms with Crippen molar-refractivity contribution in [3.63, 3.8) is 0 Å². The second kappa shape index (κ2) is 8.61. The zero-order chi connectivity index (χ0) is 23.1. The molecule has 1 unspecified atom stereocenters. The number of hydrogen-bond acceptors (Lipinski definition) is 3. The van der Waals surface area contributed by atoms with Crippen LogP contribution < -0.4 is 15.5 Å². The van der Waals surface area contributed by atoms with Crippen molar-refractivity contribution in [3.8, 4) is 0 Å². The number of hydrogen-bond donors (Lipinski definition) is 2. The van der Waals surface area contributed by atoms with E-state index < -0.39 is 45.3 Å². The minimum absolute atomic E-state index is 0.0365. The Hall–Kier alpha value is -2.42. The van der Waals surface area contributed by atoms with Crippen LogP contribution in [0.2, 0.25) is 5.02 Å². The molecule has 3 rings (SSSR count). The van der Waals surface area contributed by atoms with Crippen LogP contribution in [0.4, 0.5) is 25.8 Å². The highest BCUT2D eigenvalue weighted by Crippen LogP contribution is 2.53. The maximum atomic E-state index is 14.8. The van der Waals surface area contributed by atoms with Gasteiger partial charge in [0.25, 0.3) is 5.91 Å². The standard InChI is InChI=1S/C20H16Cl3F2N3O3/c1-9(29)26-17-14(24)5-6-15(16(17)25)28(2)19(31)11-7-10(3-4-13(11)21)27-18(30)12-8-20(12,22)23/h3-7,12H,8H2,1-2H3,(H,26,29)(H,27,30). The molecule has 0 radical (unpaired) electrons. The van der Waals surface area contributed by atoms with Gasteiger partial charge in [0.2, 0.25) is 11.8 Å². The molecule has 2 aromatic carbocycles. The number of carbonyl (C=O) groups is 3. The van der Waals surface area contributed by atoms with Crippen LogP contribution in [-0.2, 0) is 9.59 Å². The Labute approximate surface area is 191 Å². The van der Waals surface area contributed by atoms with Gasteiger partial charge in [-0.15, -0.1) is 23.2 Å². The molecule has 1 saturated carbocycles. The fraction of sp³-hybridized carbons (Fsp3) is 0.250. The molecule has 2 N–H and O–H groups in total. The highest BCUT2D eigenvalue weighted by molar-refractivity contribution is 6.52. The molecule has 3 amide bonds. The first kappa shape index (κ1) is 23.2. The molecule has 0 saturated heterocycles. The summed E-state index contributed by atoms with van der Waals surface area (Å²) in [5.41, 5.74) is -0.731. The molecule has 0 heterocycles. The molecule has 2 aromatic rings. The molecule has 11 heteroatoms. The van der Waals surface area contributed by atoms with Crippen molar-refractivity contribution in [1.29, 1.82) is 0 Å². The van der Waals surface area contributed by atoms with E-state index in [4.69, 9.17) is 34.8 Å². The summed E-state index contributed by atoms with van der Waals surface area (Å²) < 4.78 is 27.6. The average molecular weight is 491 g/mol. The van der Waals surface area contributed by atoms with E-state index in [9.17, 15) is 23.2 Å². The maximum Gasteiger partial charge on any atom is 0.259 e. The van der Waals surface area contributed by atoms with Gasteiger partial charge in [0.15, 0.2) is 5.82 Å². The van der Waals surface area contributed by atoms with Crippen LogP contribution in [0.3, 0.4) is 0 Å². The van der Waals surface area contributed by atoms with Crippen LogP contribution in [0.25, 0.3) is 0 Å². The van der Waals surface area contributed by atoms with Gasteiger partial charge in [-0.3, -0.25) is 14.4 Å². The number of halogens is 5. The predicted octanol–water partition coefficient (Wildman–Crippen LogP) is 4.99. The minimum atomic E-state index is -1.12. The molecule has 164 valence electrons. The summed E-state index contributed by atoms with van der Waals surface area (Å²) in [6.07, 6.45) is 0.310. The van der Waals surface area contributed by atoms with Crippen molar-refractivity contribution in [2.45, 2.75) is 17.7 Å². The molecular weight excluding hydrogens is 475 g/mol. The van der Waals surface area contributed by atoms with Crippen LogP contribution in [0.15, 0.2) is 30.3 Å². The van der Waals surface area contributed by atoms with E-state index in [0.717, 1.165) is 24.0 Å². The third-order valence-corrected chi connectivity index (χ3v) is 5.81. The largest absolute Gasteiger partial charge is 0.326 e. The third kappa shape index (κ3) is 4.92. The molecule has 1 aliphatic rings. The van der Waals surface area contributed by atoms with Gasteiger partial charge in [-0.25, -0.2) is 8.78 Å². The fourth-order valence-corrected chi connectivity index (χ4v) is 3.58. The van der Waals surface area contributed by atoms with E-state index in [-0.39, 0.29) is 22.0 Å². The molecule has 1 aliphatic carbocycles. The van der Waals surface area contributed by atoms with E-state index in [1.165, 1.54) is 25.2 Å². The molecule has 0 aromatic heterocycles. The number of nitrogens with one attached hydrogen (secondary N) is 2. The number of carbonyl (C=O) groups excluding carboxylic acids is 3. The second-order valence-electron chi connectivity index (χ2n) is 7.00. The summed E-state index contributed by atoms with van der Waals surface area (Å²) in [6.45, 7) is 1.10. The zero-order valence-corrected chi connectivity index (χ0v) is 18.5. The zero-order valence-electron chi connectivity index (χ0n) is 16.2. The summed E-state index contributed by atoms with van der Waals surface area (Å²) >= 11 is 17.9. The average Bonchev–Trinajstić information content (AvgIpc) is 3.34. The Bertz CT molecular complexity index is 1090. The van der Waals surface area contributed by atoms with E-state index in [0.29, 0.717) is 6.42 Å². The number of nitrogens with zero attached hydrogens (tertiary/aromatic N) is 1. The van der Waals surface area contributed by atoms with Gasteiger partial charge in [0.05, 0.1) is 22.2 Å². The minimum Gasteiger partial charge on any atom is -0.326 e. The topological polar surface area (TPSA) is 78.5 Å². The van der Waals surface area contributed by atoms with Crippen molar-refractivity contribution < 1.29 is 23.2 Å². The van der Waals surface area contributed by atoms with Crippen LogP contribution in [0.1, 0.15) is 23.7 Å². The summed E-state index contributed by atoms with van der Waals surface area (Å²) in [6, 6.07) is 6.18. The van der Waals surface area contributed by atoms with Crippen LogP contribution >= 0.6 is 34.8 Å². The van der Waals surface area contributed by atoms with E-state index >= 15 is 0 Å². The second-order valence-corrected chi connectivity index (χ2v) is 8.95. The Morgan fingerprint density at radius 3 is 2.35 bits per heavy atom. The molecule has 31 heavy (non-hydrogen) atoms. The van der Waals surface area contributed by atoms with Gasteiger partial charge in [-0.05, 0) is 36.8 Å². The lowest BCUT2D eigenvalue weighted by molar-refractivity contribution is -0.117. The summed E-state index contributed by atoms with van der Waals surface area (Å²) in [4.78, 5) is 37.3. The number of anilines is 3. The smallest absolute Gasteiger partial charge is 0.259 e. The van der Waals surface area contributed by atoms with Gasteiger partial charge in [0.1, 0.15) is 15.8 Å². The van der Waals surface area contributed by atoms with Gasteiger partial charge >= 0.3 is 0 Å². The first-order chi connectivity index (χ1) is 14.4. The van der Waals surface area contributed by atoms with Gasteiger partial charge in [0, 0.05) is 19.7 Å². The lowest BCUT2D eigenvalue weighted by Crippen LogP contribution is -2.28. The lowest BCUT2D eigenvalue weighted by Gasteiger charge is -2.21. The molecule has 0 spiro atoms. The molecule has 0 bridgehead atoms. The van der Waals surface area contributed by atoms with Crippen LogP contribution in [-0.4, -0.2) is 29.1 Å². The summed E-state index contributed by atoms with van der Waals surface area (Å²) in [5.74, 6) is -4.51. The molecule has 1 fully saturated rings. The molecular formula is C20H16Cl3F2N3O3. The molecule has 0 aliphatic heterocycles. The number of amides is 3. The molecule has 6 nitrogen and oxygen atoms in total. The van der Waals surface area contributed by atoms with Crippen molar-refractivity contribution in [1.82, 2.24) is 0 Å². The Kier molecular flexibility index (Phi) is 6.45. The van der Waals surface area contributed by atoms with Gasteiger partial charge < -0.3 is 15.5 Å². The van der Waals surface area contributed by atoms with E-state index in [2.05, 4.69) is 10.6 Å². The third-order valence-electron chi connectivity index (χ3n) is 4.64. The predicted molar refractivity (Wildman–Crippen MR) is 116 cm³/mol. The van der Waals surface area contributed by atoms with E-state index in [1.54, 1.807) is 0 Å². The van der Waals surface area contributed by atoms with Gasteiger partial charge in [-0.1, -0.05) is 11.6 Å². The van der Waals surface area contributed by atoms with Gasteiger partial charge in [-0.2, -0.15) is 0 Å². The quantitative estimate of drug-likeness (QED) is 0.580. The summed E-state index contributed by atoms with van der Waals surface area (Å²) in [7, 11) is 1.26. The van der Waals surface area contributed by atoms with Crippen molar-refractivity contribution in [2.24, 2.45) is 5.92 Å². The first-order valence-corrected chi connectivity index (χ1v) is 10.1. The van der Waals surface area contributed by atoms with Crippen molar-refractivity contribution in [2.75, 3.05) is 22.6 Å². The van der Waals surface area contributed by atoms with E-state index in [1.807, 2.05) is 0 Å².